The summed E-state index contributed by atoms with van der Waals surface area (Å²) in [5, 5.41) is 4.57. The smallest absolute Gasteiger partial charge is 0.166 e. The molecule has 0 fully saturated rings. The Hall–Kier alpha value is -7.63. The normalized spacial score (nSPS) is 11.6. The van der Waals surface area contributed by atoms with E-state index < -0.39 is 0 Å². The zero-order valence-corrected chi connectivity index (χ0v) is 31.1. The number of fused-ring (bicyclic) bond motifs is 6. The van der Waals surface area contributed by atoms with Crippen LogP contribution in [-0.2, 0) is 0 Å². The van der Waals surface area contributed by atoms with E-state index in [2.05, 4.69) is 127 Å². The highest BCUT2D eigenvalue weighted by molar-refractivity contribution is 6.11. The maximum Gasteiger partial charge on any atom is 0.166 e. The third kappa shape index (κ3) is 5.59. The summed E-state index contributed by atoms with van der Waals surface area (Å²) < 4.78 is 8.71. The van der Waals surface area contributed by atoms with Crippen molar-refractivity contribution in [2.75, 3.05) is 0 Å². The molecule has 11 aromatic rings. The first-order valence-corrected chi connectivity index (χ1v) is 19.2. The van der Waals surface area contributed by atoms with E-state index in [-0.39, 0.29) is 0 Å². The third-order valence-corrected chi connectivity index (χ3v) is 11.0. The van der Waals surface area contributed by atoms with Crippen molar-refractivity contribution in [1.82, 2.24) is 19.5 Å². The van der Waals surface area contributed by atoms with E-state index in [0.717, 1.165) is 66.5 Å². The Bertz CT molecular complexity index is 3250. The zero-order valence-electron chi connectivity index (χ0n) is 31.1. The highest BCUT2D eigenvalue weighted by Gasteiger charge is 2.21. The average Bonchev–Trinajstić information content (AvgIpc) is 3.82. The van der Waals surface area contributed by atoms with Crippen molar-refractivity contribution in [3.05, 3.63) is 194 Å². The molecule has 0 aliphatic heterocycles. The van der Waals surface area contributed by atoms with Crippen LogP contribution in [0.1, 0.15) is 5.56 Å². The Morgan fingerprint density at radius 2 is 0.947 bits per heavy atom. The van der Waals surface area contributed by atoms with Crippen LogP contribution in [0, 0.1) is 6.92 Å². The minimum Gasteiger partial charge on any atom is -0.456 e. The van der Waals surface area contributed by atoms with Crippen LogP contribution >= 0.6 is 0 Å². The molecule has 0 atom stereocenters. The highest BCUT2D eigenvalue weighted by atomic mass is 16.3. The lowest BCUT2D eigenvalue weighted by Gasteiger charge is -2.16. The quantitative estimate of drug-likeness (QED) is 0.171. The number of rotatable bonds is 6. The number of hydrogen-bond acceptors (Lipinski definition) is 4. The molecule has 0 bridgehead atoms. The van der Waals surface area contributed by atoms with Crippen molar-refractivity contribution < 1.29 is 4.42 Å². The minimum atomic E-state index is 0.590. The maximum absolute atomic E-state index is 6.35. The fourth-order valence-corrected chi connectivity index (χ4v) is 8.22. The summed E-state index contributed by atoms with van der Waals surface area (Å²) in [6.07, 6.45) is 0. The second-order valence-corrected chi connectivity index (χ2v) is 14.5. The van der Waals surface area contributed by atoms with Gasteiger partial charge in [0, 0.05) is 38.2 Å². The van der Waals surface area contributed by atoms with E-state index in [9.17, 15) is 0 Å². The number of nitrogens with zero attached hydrogens (tertiary/aromatic N) is 4. The summed E-state index contributed by atoms with van der Waals surface area (Å²) in [7, 11) is 0. The summed E-state index contributed by atoms with van der Waals surface area (Å²) in [5.41, 5.74) is 13.4. The molecule has 0 N–H and O–H groups in total. The van der Waals surface area contributed by atoms with Gasteiger partial charge in [-0.1, -0.05) is 140 Å². The van der Waals surface area contributed by atoms with Crippen molar-refractivity contribution in [2.24, 2.45) is 0 Å². The van der Waals surface area contributed by atoms with E-state index in [1.54, 1.807) is 0 Å². The van der Waals surface area contributed by atoms with Gasteiger partial charge < -0.3 is 8.98 Å². The molecule has 0 aliphatic carbocycles. The fourth-order valence-electron chi connectivity index (χ4n) is 8.22. The second kappa shape index (κ2) is 13.3. The van der Waals surface area contributed by atoms with Crippen LogP contribution in [0.4, 0.5) is 0 Å². The van der Waals surface area contributed by atoms with E-state index >= 15 is 0 Å². The van der Waals surface area contributed by atoms with Crippen LogP contribution < -0.4 is 0 Å². The van der Waals surface area contributed by atoms with E-state index in [0.29, 0.717) is 17.5 Å². The Kier molecular flexibility index (Phi) is 7.64. The lowest BCUT2D eigenvalue weighted by atomic mass is 9.98. The van der Waals surface area contributed by atoms with Gasteiger partial charge in [0.05, 0.1) is 16.7 Å². The predicted molar refractivity (Wildman–Crippen MR) is 233 cm³/mol. The van der Waals surface area contributed by atoms with E-state index in [1.807, 2.05) is 72.8 Å². The molecule has 3 heterocycles. The van der Waals surface area contributed by atoms with Gasteiger partial charge in [0.25, 0.3) is 0 Å². The van der Waals surface area contributed by atoms with E-state index in [1.165, 1.54) is 27.5 Å². The summed E-state index contributed by atoms with van der Waals surface area (Å²) in [6, 6.07) is 65.6. The van der Waals surface area contributed by atoms with Gasteiger partial charge in [-0.3, -0.25) is 0 Å². The lowest BCUT2D eigenvalue weighted by molar-refractivity contribution is 0.669. The van der Waals surface area contributed by atoms with Gasteiger partial charge in [-0.05, 0) is 83.3 Å². The average molecular weight is 731 g/mol. The van der Waals surface area contributed by atoms with Gasteiger partial charge in [-0.25, -0.2) is 15.0 Å². The van der Waals surface area contributed by atoms with Crippen LogP contribution in [0.2, 0.25) is 0 Å². The van der Waals surface area contributed by atoms with Gasteiger partial charge in [0.15, 0.2) is 17.5 Å². The fraction of sp³-hybridized carbons (Fsp3) is 0.0192. The summed E-state index contributed by atoms with van der Waals surface area (Å²) in [4.78, 5) is 15.5. The van der Waals surface area contributed by atoms with Gasteiger partial charge in [0.1, 0.15) is 11.2 Å². The van der Waals surface area contributed by atoms with Crippen molar-refractivity contribution in [3.8, 4) is 62.1 Å². The molecular formula is C52H34N4O. The molecule has 5 heteroatoms. The third-order valence-electron chi connectivity index (χ3n) is 11.0. The molecule has 11 rings (SSSR count). The highest BCUT2D eigenvalue weighted by Crippen LogP contribution is 2.40. The SMILES string of the molecule is Cc1ccccc1-c1ccc2c(c1)c1ccccc1n2-c1ccc(-c2ccc3c(c2)oc2ccccc23)cc1-c1nc(-c2ccccc2)nc(-c2ccccc2)n1. The Labute approximate surface area is 329 Å². The summed E-state index contributed by atoms with van der Waals surface area (Å²) in [6.45, 7) is 2.17. The van der Waals surface area contributed by atoms with Crippen molar-refractivity contribution >= 4 is 43.7 Å². The number of hydrogen-bond donors (Lipinski definition) is 0. The zero-order chi connectivity index (χ0) is 37.9. The maximum atomic E-state index is 6.35. The number of benzene rings is 8. The molecular weight excluding hydrogens is 697 g/mol. The van der Waals surface area contributed by atoms with Crippen molar-refractivity contribution in [2.45, 2.75) is 6.92 Å². The Morgan fingerprint density at radius 3 is 1.72 bits per heavy atom. The second-order valence-electron chi connectivity index (χ2n) is 14.5. The Morgan fingerprint density at radius 1 is 0.368 bits per heavy atom. The minimum absolute atomic E-state index is 0.590. The first-order valence-electron chi connectivity index (χ1n) is 19.2. The van der Waals surface area contributed by atoms with Gasteiger partial charge in [-0.15, -0.1) is 0 Å². The van der Waals surface area contributed by atoms with Crippen LogP contribution in [0.3, 0.4) is 0 Å². The van der Waals surface area contributed by atoms with Crippen LogP contribution in [0.15, 0.2) is 192 Å². The molecule has 0 radical (unpaired) electrons. The monoisotopic (exact) mass is 730 g/mol. The van der Waals surface area contributed by atoms with Crippen molar-refractivity contribution in [1.29, 1.82) is 0 Å². The van der Waals surface area contributed by atoms with Crippen LogP contribution in [0.5, 0.6) is 0 Å². The number of aromatic nitrogens is 4. The van der Waals surface area contributed by atoms with Gasteiger partial charge in [0.2, 0.25) is 0 Å². The molecule has 0 spiro atoms. The Balaban J connectivity index is 1.19. The molecule has 0 saturated heterocycles. The topological polar surface area (TPSA) is 56.7 Å². The summed E-state index contributed by atoms with van der Waals surface area (Å²) >= 11 is 0. The number of aryl methyl sites for hydroxylation is 1. The molecule has 0 unspecified atom stereocenters. The van der Waals surface area contributed by atoms with Crippen molar-refractivity contribution in [3.63, 3.8) is 0 Å². The van der Waals surface area contributed by atoms with Gasteiger partial charge >= 0.3 is 0 Å². The number of para-hydroxylation sites is 2. The first-order chi connectivity index (χ1) is 28.2. The number of furan rings is 1. The lowest BCUT2D eigenvalue weighted by Crippen LogP contribution is -2.04. The molecule has 8 aromatic carbocycles. The molecule has 0 saturated carbocycles. The van der Waals surface area contributed by atoms with Crippen LogP contribution in [-0.4, -0.2) is 19.5 Å². The van der Waals surface area contributed by atoms with E-state index in [4.69, 9.17) is 19.4 Å². The largest absolute Gasteiger partial charge is 0.456 e. The molecule has 3 aromatic heterocycles. The first kappa shape index (κ1) is 32.8. The predicted octanol–water partition coefficient (Wildman–Crippen LogP) is 13.5. The van der Waals surface area contributed by atoms with Crippen LogP contribution in [0.25, 0.3) is 106 Å². The molecule has 268 valence electrons. The molecule has 0 aliphatic rings. The standard InChI is InChI=1S/C52H34N4O/c1-33-14-8-9-19-39(33)38-26-29-46-43(31-38)40-20-10-12-22-45(40)56(46)47-28-25-36(37-24-27-42-41-21-11-13-23-48(41)57-49(42)32-37)30-44(47)52-54-50(34-15-4-2-5-16-34)53-51(55-52)35-17-6-3-7-18-35/h2-32H,1H3. The summed E-state index contributed by atoms with van der Waals surface area (Å²) in [5.74, 6) is 1.82. The molecule has 0 amide bonds. The molecule has 57 heavy (non-hydrogen) atoms. The van der Waals surface area contributed by atoms with Gasteiger partial charge in [-0.2, -0.15) is 0 Å². The molecule has 5 nitrogen and oxygen atoms in total.